The smallest absolute Gasteiger partial charge is 0.279 e. The molecule has 2 aromatic heterocycles. The van der Waals surface area contributed by atoms with Crippen LogP contribution in [-0.4, -0.2) is 29.6 Å². The van der Waals surface area contributed by atoms with Crippen LogP contribution in [0.5, 0.6) is 0 Å². The van der Waals surface area contributed by atoms with E-state index in [0.717, 1.165) is 0 Å². The highest BCUT2D eigenvalue weighted by molar-refractivity contribution is 7.92. The van der Waals surface area contributed by atoms with Crippen molar-refractivity contribution in [2.24, 2.45) is 0 Å². The number of nitrogens with zero attached hydrogens (tertiary/aromatic N) is 2. The number of sulfonamides is 1. The van der Waals surface area contributed by atoms with Crippen molar-refractivity contribution in [1.29, 1.82) is 0 Å². The zero-order valence-electron chi connectivity index (χ0n) is 11.3. The maximum absolute atomic E-state index is 12.3. The Morgan fingerprint density at radius 1 is 1.35 bits per heavy atom. The lowest BCUT2D eigenvalue weighted by atomic mass is 10.3. The van der Waals surface area contributed by atoms with Gasteiger partial charge in [-0.05, 0) is 12.1 Å². The van der Waals surface area contributed by atoms with Crippen LogP contribution in [0, 0.1) is 0 Å². The van der Waals surface area contributed by atoms with Crippen LogP contribution in [0.25, 0.3) is 0 Å². The molecule has 2 heterocycles. The average molecular weight is 295 g/mol. The predicted molar refractivity (Wildman–Crippen MR) is 75.6 cm³/mol. The fourth-order valence-electron chi connectivity index (χ4n) is 1.60. The molecule has 0 radical (unpaired) electrons. The van der Waals surface area contributed by atoms with Gasteiger partial charge in [-0.25, -0.2) is 0 Å². The highest BCUT2D eigenvalue weighted by atomic mass is 32.2. The summed E-state index contributed by atoms with van der Waals surface area (Å²) in [6.07, 6.45) is 4.53. The largest absolute Gasteiger partial charge is 0.310 e. The number of hydrogen-bond donors (Lipinski definition) is 3. The van der Waals surface area contributed by atoms with Crippen molar-refractivity contribution in [3.63, 3.8) is 0 Å². The Labute approximate surface area is 117 Å². The monoisotopic (exact) mass is 295 g/mol. The molecule has 7 nitrogen and oxygen atoms in total. The summed E-state index contributed by atoms with van der Waals surface area (Å²) in [6.45, 7) is 4.40. The average Bonchev–Trinajstić information content (AvgIpc) is 2.86. The molecule has 0 atom stereocenters. The van der Waals surface area contributed by atoms with Crippen molar-refractivity contribution in [1.82, 2.24) is 20.5 Å². The normalized spacial score (nSPS) is 11.8. The fraction of sp³-hybridized carbons (Fsp3) is 0.333. The van der Waals surface area contributed by atoms with Gasteiger partial charge in [-0.15, -0.1) is 0 Å². The Morgan fingerprint density at radius 2 is 2.15 bits per heavy atom. The van der Waals surface area contributed by atoms with E-state index in [0.29, 0.717) is 17.8 Å². The van der Waals surface area contributed by atoms with Gasteiger partial charge in [-0.3, -0.25) is 14.8 Å². The van der Waals surface area contributed by atoms with Gasteiger partial charge in [-0.1, -0.05) is 13.8 Å². The standard InChI is InChI=1S/C12H17N5O2S/c1-9(2)14-6-10-7-15-16-12(10)20(18,19)17-11-4-3-5-13-8-11/h3-5,7-9,14,17H,6H2,1-2H3,(H,15,16). The number of pyridine rings is 1. The molecule has 2 rings (SSSR count). The Kier molecular flexibility index (Phi) is 4.35. The third-order valence-corrected chi connectivity index (χ3v) is 3.96. The quantitative estimate of drug-likeness (QED) is 0.741. The zero-order valence-corrected chi connectivity index (χ0v) is 12.1. The summed E-state index contributed by atoms with van der Waals surface area (Å²) in [7, 11) is -3.70. The SMILES string of the molecule is CC(C)NCc1cn[nH]c1S(=O)(=O)Nc1cccnc1. The second-order valence-electron chi connectivity index (χ2n) is 4.61. The Morgan fingerprint density at radius 3 is 2.80 bits per heavy atom. The molecule has 108 valence electrons. The van der Waals surface area contributed by atoms with Crippen molar-refractivity contribution in [3.05, 3.63) is 36.3 Å². The first-order chi connectivity index (χ1) is 9.49. The summed E-state index contributed by atoms with van der Waals surface area (Å²) in [5, 5.41) is 9.56. The molecule has 0 aromatic carbocycles. The van der Waals surface area contributed by atoms with E-state index < -0.39 is 10.0 Å². The maximum Gasteiger partial charge on any atom is 0.279 e. The van der Waals surface area contributed by atoms with Gasteiger partial charge in [0, 0.05) is 24.3 Å². The molecule has 8 heteroatoms. The summed E-state index contributed by atoms with van der Waals surface area (Å²) >= 11 is 0. The lowest BCUT2D eigenvalue weighted by Crippen LogP contribution is -2.23. The van der Waals surface area contributed by atoms with Crippen molar-refractivity contribution in [2.75, 3.05) is 4.72 Å². The van der Waals surface area contributed by atoms with Gasteiger partial charge in [0.25, 0.3) is 10.0 Å². The minimum atomic E-state index is -3.70. The molecule has 0 spiro atoms. The van der Waals surface area contributed by atoms with Gasteiger partial charge < -0.3 is 5.32 Å². The number of rotatable bonds is 6. The van der Waals surface area contributed by atoms with Crippen LogP contribution in [-0.2, 0) is 16.6 Å². The topological polar surface area (TPSA) is 99.8 Å². The minimum absolute atomic E-state index is 0.0644. The van der Waals surface area contributed by atoms with Crippen molar-refractivity contribution < 1.29 is 8.42 Å². The summed E-state index contributed by atoms with van der Waals surface area (Å²) in [5.74, 6) is 0. The van der Waals surface area contributed by atoms with Gasteiger partial charge in [-0.2, -0.15) is 13.5 Å². The molecule has 0 aliphatic rings. The van der Waals surface area contributed by atoms with Crippen molar-refractivity contribution in [2.45, 2.75) is 31.5 Å². The molecule has 2 aromatic rings. The van der Waals surface area contributed by atoms with Crippen LogP contribution >= 0.6 is 0 Å². The van der Waals surface area contributed by atoms with E-state index in [1.807, 2.05) is 13.8 Å². The first-order valence-electron chi connectivity index (χ1n) is 6.17. The number of aromatic amines is 1. The van der Waals surface area contributed by atoms with Crippen LogP contribution in [0.2, 0.25) is 0 Å². The van der Waals surface area contributed by atoms with E-state index in [9.17, 15) is 8.42 Å². The van der Waals surface area contributed by atoms with Crippen LogP contribution in [0.15, 0.2) is 35.7 Å². The molecular weight excluding hydrogens is 278 g/mol. The Bertz CT molecular complexity index is 651. The molecule has 20 heavy (non-hydrogen) atoms. The van der Waals surface area contributed by atoms with Crippen LogP contribution in [0.1, 0.15) is 19.4 Å². The molecule has 0 saturated heterocycles. The Hall–Kier alpha value is -1.93. The minimum Gasteiger partial charge on any atom is -0.310 e. The second kappa shape index (κ2) is 6.02. The number of H-pyrrole nitrogens is 1. The van der Waals surface area contributed by atoms with Gasteiger partial charge in [0.1, 0.15) is 0 Å². The Balaban J connectivity index is 2.20. The molecule has 0 aliphatic heterocycles. The highest BCUT2D eigenvalue weighted by Gasteiger charge is 2.21. The van der Waals surface area contributed by atoms with E-state index in [-0.39, 0.29) is 11.1 Å². The summed E-state index contributed by atoms with van der Waals surface area (Å²) in [6, 6.07) is 3.55. The molecule has 3 N–H and O–H groups in total. The number of hydrogen-bond acceptors (Lipinski definition) is 5. The fourth-order valence-corrected chi connectivity index (χ4v) is 2.78. The zero-order chi connectivity index (χ0) is 14.6. The first kappa shape index (κ1) is 14.5. The summed E-state index contributed by atoms with van der Waals surface area (Å²) in [4.78, 5) is 3.87. The van der Waals surface area contributed by atoms with Gasteiger partial charge in [0.15, 0.2) is 5.03 Å². The van der Waals surface area contributed by atoms with E-state index >= 15 is 0 Å². The van der Waals surface area contributed by atoms with E-state index in [1.54, 1.807) is 18.3 Å². The second-order valence-corrected chi connectivity index (χ2v) is 6.23. The molecule has 0 amide bonds. The number of nitrogens with one attached hydrogen (secondary N) is 3. The molecule has 0 aliphatic carbocycles. The highest BCUT2D eigenvalue weighted by Crippen LogP contribution is 2.16. The summed E-state index contributed by atoms with van der Waals surface area (Å²) in [5.41, 5.74) is 1.000. The van der Waals surface area contributed by atoms with Gasteiger partial charge >= 0.3 is 0 Å². The van der Waals surface area contributed by atoms with Crippen LogP contribution in [0.4, 0.5) is 5.69 Å². The van der Waals surface area contributed by atoms with Gasteiger partial charge in [0.2, 0.25) is 0 Å². The first-order valence-corrected chi connectivity index (χ1v) is 7.66. The third kappa shape index (κ3) is 3.55. The molecule has 0 unspecified atom stereocenters. The molecule has 0 saturated carbocycles. The van der Waals surface area contributed by atoms with E-state index in [1.165, 1.54) is 12.4 Å². The van der Waals surface area contributed by atoms with Crippen molar-refractivity contribution >= 4 is 15.7 Å². The maximum atomic E-state index is 12.3. The van der Waals surface area contributed by atoms with Gasteiger partial charge in [0.05, 0.1) is 18.1 Å². The van der Waals surface area contributed by atoms with Crippen LogP contribution < -0.4 is 10.0 Å². The molecule has 0 fully saturated rings. The summed E-state index contributed by atoms with van der Waals surface area (Å²) < 4.78 is 27.0. The van der Waals surface area contributed by atoms with Crippen LogP contribution in [0.3, 0.4) is 0 Å². The molecule has 0 bridgehead atoms. The van der Waals surface area contributed by atoms with E-state index in [2.05, 4.69) is 25.2 Å². The lowest BCUT2D eigenvalue weighted by molar-refractivity contribution is 0.574. The van der Waals surface area contributed by atoms with E-state index in [4.69, 9.17) is 0 Å². The predicted octanol–water partition coefficient (Wildman–Crippen LogP) is 1.10. The number of anilines is 1. The third-order valence-electron chi connectivity index (χ3n) is 2.56. The van der Waals surface area contributed by atoms with Crippen molar-refractivity contribution in [3.8, 4) is 0 Å². The molecular formula is C12H17N5O2S. The lowest BCUT2D eigenvalue weighted by Gasteiger charge is -2.10. The number of aromatic nitrogens is 3.